The summed E-state index contributed by atoms with van der Waals surface area (Å²) >= 11 is 1.44. The van der Waals surface area contributed by atoms with Crippen molar-refractivity contribution >= 4 is 29.6 Å². The molecule has 0 spiro atoms. The number of urea groups is 1. The van der Waals surface area contributed by atoms with Crippen molar-refractivity contribution in [3.05, 3.63) is 60.4 Å². The van der Waals surface area contributed by atoms with Crippen LogP contribution in [0.4, 0.5) is 4.79 Å². The number of amides is 4. The van der Waals surface area contributed by atoms with E-state index in [1.54, 1.807) is 22.2 Å². The summed E-state index contributed by atoms with van der Waals surface area (Å²) in [5, 5.41) is 0. The van der Waals surface area contributed by atoms with Crippen LogP contribution in [0.2, 0.25) is 0 Å². The summed E-state index contributed by atoms with van der Waals surface area (Å²) in [4.78, 5) is 47.6. The predicted octanol–water partition coefficient (Wildman–Crippen LogP) is 1.85. The highest BCUT2D eigenvalue weighted by molar-refractivity contribution is 8.00. The van der Waals surface area contributed by atoms with Gasteiger partial charge >= 0.3 is 6.03 Å². The number of hydrogen-bond acceptors (Lipinski definition) is 5. The molecule has 3 heterocycles. The first-order chi connectivity index (χ1) is 13.6. The maximum absolute atomic E-state index is 12.8. The average Bonchev–Trinajstić information content (AvgIpc) is 2.98. The molecular weight excluding hydrogens is 376 g/mol. The highest BCUT2D eigenvalue weighted by atomic mass is 32.2. The largest absolute Gasteiger partial charge is 0.338 e. The first kappa shape index (κ1) is 18.5. The number of thioether (sulfide) groups is 1. The fourth-order valence-electron chi connectivity index (χ4n) is 3.46. The van der Waals surface area contributed by atoms with E-state index >= 15 is 0 Å². The van der Waals surface area contributed by atoms with Gasteiger partial charge in [0.25, 0.3) is 5.91 Å². The lowest BCUT2D eigenvalue weighted by molar-refractivity contribution is -0.134. The first-order valence-electron chi connectivity index (χ1n) is 9.10. The van der Waals surface area contributed by atoms with Gasteiger partial charge in [0.15, 0.2) is 0 Å². The molecule has 0 radical (unpaired) electrons. The molecule has 144 valence electrons. The summed E-state index contributed by atoms with van der Waals surface area (Å²) in [5.41, 5.74) is 0.908. The molecule has 0 aliphatic carbocycles. The second kappa shape index (κ2) is 8.02. The van der Waals surface area contributed by atoms with Crippen LogP contribution in [-0.2, 0) is 16.1 Å². The predicted molar refractivity (Wildman–Crippen MR) is 104 cm³/mol. The monoisotopic (exact) mass is 396 g/mol. The third kappa shape index (κ3) is 3.73. The quantitative estimate of drug-likeness (QED) is 0.570. The number of fused-ring (bicyclic) bond motifs is 1. The van der Waals surface area contributed by atoms with Crippen LogP contribution in [0.5, 0.6) is 0 Å². The second-order valence-electron chi connectivity index (χ2n) is 6.71. The van der Waals surface area contributed by atoms with Crippen molar-refractivity contribution in [1.82, 2.24) is 19.7 Å². The normalized spacial score (nSPS) is 19.1. The number of carbonyl (C=O) groups excluding carboxylic acids is 3. The van der Waals surface area contributed by atoms with Gasteiger partial charge in [-0.1, -0.05) is 30.3 Å². The van der Waals surface area contributed by atoms with Crippen LogP contribution in [-0.4, -0.2) is 69.0 Å². The van der Waals surface area contributed by atoms with E-state index in [0.717, 1.165) is 10.5 Å². The zero-order chi connectivity index (χ0) is 19.5. The highest BCUT2D eigenvalue weighted by Crippen LogP contribution is 2.25. The molecule has 2 aromatic rings. The molecule has 1 aromatic heterocycles. The van der Waals surface area contributed by atoms with Crippen LogP contribution in [0.15, 0.2) is 59.8 Å². The van der Waals surface area contributed by atoms with E-state index in [9.17, 15) is 14.4 Å². The third-order valence-corrected chi connectivity index (χ3v) is 5.95. The zero-order valence-corrected chi connectivity index (χ0v) is 16.0. The van der Waals surface area contributed by atoms with Crippen LogP contribution < -0.4 is 0 Å². The summed E-state index contributed by atoms with van der Waals surface area (Å²) in [5.74, 6) is 0.0448. The van der Waals surface area contributed by atoms with Gasteiger partial charge in [0.1, 0.15) is 6.04 Å². The number of rotatable bonds is 5. The number of imide groups is 1. The van der Waals surface area contributed by atoms with Gasteiger partial charge in [0, 0.05) is 30.4 Å². The summed E-state index contributed by atoms with van der Waals surface area (Å²) in [6.07, 6.45) is 3.38. The van der Waals surface area contributed by atoms with Crippen molar-refractivity contribution in [2.45, 2.75) is 17.5 Å². The number of pyridine rings is 1. The molecule has 0 bridgehead atoms. The van der Waals surface area contributed by atoms with Gasteiger partial charge in [-0.15, -0.1) is 11.8 Å². The van der Waals surface area contributed by atoms with E-state index in [-0.39, 0.29) is 30.9 Å². The number of nitrogens with zero attached hydrogens (tertiary/aromatic N) is 4. The molecule has 2 saturated heterocycles. The zero-order valence-electron chi connectivity index (χ0n) is 15.2. The maximum Gasteiger partial charge on any atom is 0.327 e. The SMILES string of the molecule is O=C(CSc1ccncc1)N1CCN2C(=O)N(Cc3ccccc3)C(=O)C2C1. The van der Waals surface area contributed by atoms with E-state index < -0.39 is 6.04 Å². The Morgan fingerprint density at radius 1 is 1.07 bits per heavy atom. The molecule has 0 saturated carbocycles. The summed E-state index contributed by atoms with van der Waals surface area (Å²) in [7, 11) is 0. The molecular formula is C20H20N4O3S. The van der Waals surface area contributed by atoms with Crippen LogP contribution in [0.3, 0.4) is 0 Å². The summed E-state index contributed by atoms with van der Waals surface area (Å²) < 4.78 is 0. The Morgan fingerprint density at radius 2 is 1.82 bits per heavy atom. The Hall–Kier alpha value is -2.87. The molecule has 0 N–H and O–H groups in total. The van der Waals surface area contributed by atoms with Gasteiger partial charge in [-0.25, -0.2) is 4.79 Å². The second-order valence-corrected chi connectivity index (χ2v) is 7.76. The van der Waals surface area contributed by atoms with E-state index in [1.165, 1.54) is 16.7 Å². The Labute approximate surface area is 167 Å². The van der Waals surface area contributed by atoms with Gasteiger partial charge in [-0.3, -0.25) is 19.5 Å². The number of benzene rings is 1. The van der Waals surface area contributed by atoms with Crippen molar-refractivity contribution in [1.29, 1.82) is 0 Å². The van der Waals surface area contributed by atoms with E-state index in [2.05, 4.69) is 4.98 Å². The fourth-order valence-corrected chi connectivity index (χ4v) is 4.25. The lowest BCUT2D eigenvalue weighted by Crippen LogP contribution is -2.55. The first-order valence-corrected chi connectivity index (χ1v) is 10.1. The molecule has 28 heavy (non-hydrogen) atoms. The molecule has 1 aromatic carbocycles. The Kier molecular flexibility index (Phi) is 5.29. The molecule has 1 unspecified atom stereocenters. The van der Waals surface area contributed by atoms with Crippen molar-refractivity contribution in [3.8, 4) is 0 Å². The van der Waals surface area contributed by atoms with Crippen molar-refractivity contribution < 1.29 is 14.4 Å². The topological polar surface area (TPSA) is 73.8 Å². The van der Waals surface area contributed by atoms with Gasteiger partial charge < -0.3 is 9.80 Å². The summed E-state index contributed by atoms with van der Waals surface area (Å²) in [6.45, 7) is 1.35. The minimum Gasteiger partial charge on any atom is -0.338 e. The van der Waals surface area contributed by atoms with Crippen LogP contribution >= 0.6 is 11.8 Å². The van der Waals surface area contributed by atoms with E-state index in [4.69, 9.17) is 0 Å². The Balaban J connectivity index is 1.38. The maximum atomic E-state index is 12.8. The number of carbonyl (C=O) groups is 3. The molecule has 4 rings (SSSR count). The molecule has 2 fully saturated rings. The molecule has 2 aliphatic rings. The molecule has 1 atom stereocenters. The van der Waals surface area contributed by atoms with Crippen LogP contribution in [0, 0.1) is 0 Å². The van der Waals surface area contributed by atoms with E-state index in [0.29, 0.717) is 18.8 Å². The smallest absolute Gasteiger partial charge is 0.327 e. The highest BCUT2D eigenvalue weighted by Gasteiger charge is 2.48. The standard InChI is InChI=1S/C20H20N4O3S/c25-18(14-28-16-6-8-21-9-7-16)22-10-11-23-17(13-22)19(26)24(20(23)27)12-15-4-2-1-3-5-15/h1-9,17H,10-14H2. The minimum atomic E-state index is -0.583. The number of piperazine rings is 1. The number of hydrogen-bond donors (Lipinski definition) is 0. The lowest BCUT2D eigenvalue weighted by Gasteiger charge is -2.35. The molecule has 2 aliphatic heterocycles. The third-order valence-electron chi connectivity index (χ3n) is 4.96. The van der Waals surface area contributed by atoms with Crippen LogP contribution in [0.1, 0.15) is 5.56 Å². The molecule has 7 nitrogen and oxygen atoms in total. The minimum absolute atomic E-state index is 0.0248. The Morgan fingerprint density at radius 3 is 2.57 bits per heavy atom. The fraction of sp³-hybridized carbons (Fsp3) is 0.300. The average molecular weight is 396 g/mol. The van der Waals surface area contributed by atoms with Crippen molar-refractivity contribution in [3.63, 3.8) is 0 Å². The molecule has 8 heteroatoms. The van der Waals surface area contributed by atoms with Gasteiger partial charge in [0.2, 0.25) is 5.91 Å². The van der Waals surface area contributed by atoms with E-state index in [1.807, 2.05) is 42.5 Å². The van der Waals surface area contributed by atoms with Gasteiger partial charge in [0.05, 0.1) is 18.8 Å². The van der Waals surface area contributed by atoms with Crippen LogP contribution in [0.25, 0.3) is 0 Å². The van der Waals surface area contributed by atoms with Crippen molar-refractivity contribution in [2.75, 3.05) is 25.4 Å². The summed E-state index contributed by atoms with van der Waals surface area (Å²) in [6, 6.07) is 12.3. The van der Waals surface area contributed by atoms with Gasteiger partial charge in [-0.05, 0) is 17.7 Å². The molecule has 4 amide bonds. The van der Waals surface area contributed by atoms with Gasteiger partial charge in [-0.2, -0.15) is 0 Å². The van der Waals surface area contributed by atoms with Crippen molar-refractivity contribution in [2.24, 2.45) is 0 Å². The lowest BCUT2D eigenvalue weighted by atomic mass is 10.1. The number of aromatic nitrogens is 1. The Bertz CT molecular complexity index is 878.